The predicted molar refractivity (Wildman–Crippen MR) is 250 cm³/mol. The molecule has 8 aliphatic heterocycles. The summed E-state index contributed by atoms with van der Waals surface area (Å²) < 4.78 is 2.46. The predicted octanol–water partition coefficient (Wildman–Crippen LogP) is 5.12. The van der Waals surface area contributed by atoms with Crippen molar-refractivity contribution in [2.75, 3.05) is 56.4 Å². The number of allylic oxidation sites excluding steroid dienone is 2. The standard InChI is InChI=1S/C51H81N9/c1-32(2)34-14-16-36(52(34)5)38-18-20-40(54(38)7)42-22-24-44(56(42)9)46-26-28-48(58(46)11)50-30-31-51(60(50)13)49-29-27-47(59(49)12)45-25-23-43(57(45)10)41-21-19-39(55(41)8)37-17-15-35(33(3)4)53(37)6/h22,24,26-31,33,35-39,41,43,45,47-51H,14-21,23,25H2,1-13H3/b42-40+,46-44-. The van der Waals surface area contributed by atoms with Crippen LogP contribution in [0.4, 0.5) is 0 Å². The molecule has 13 unspecified atom stereocenters. The van der Waals surface area contributed by atoms with Crippen LogP contribution >= 0.6 is 0 Å². The van der Waals surface area contributed by atoms with E-state index in [0.29, 0.717) is 72.5 Å². The van der Waals surface area contributed by atoms with Crippen LogP contribution in [0.15, 0.2) is 59.9 Å². The highest BCUT2D eigenvalue weighted by Gasteiger charge is 2.50. The van der Waals surface area contributed by atoms with Gasteiger partial charge in [-0.2, -0.15) is 0 Å². The van der Waals surface area contributed by atoms with Crippen LogP contribution in [-0.4, -0.2) is 179 Å². The van der Waals surface area contributed by atoms with E-state index in [1.54, 1.807) is 5.70 Å². The minimum Gasteiger partial charge on any atom is -0.373 e. The highest BCUT2D eigenvalue weighted by molar-refractivity contribution is 5.60. The van der Waals surface area contributed by atoms with E-state index in [-0.39, 0.29) is 0 Å². The number of aromatic nitrogens is 1. The van der Waals surface area contributed by atoms with Gasteiger partial charge in [0.25, 0.3) is 0 Å². The lowest BCUT2D eigenvalue weighted by molar-refractivity contribution is 0.0679. The van der Waals surface area contributed by atoms with E-state index in [2.05, 4.69) is 183 Å². The summed E-state index contributed by atoms with van der Waals surface area (Å²) in [5.74, 6) is 0.744. The molecule has 0 amide bonds. The molecule has 9 rings (SSSR count). The Balaban J connectivity index is 0.833. The van der Waals surface area contributed by atoms with Crippen molar-refractivity contribution >= 4 is 11.4 Å². The van der Waals surface area contributed by atoms with Gasteiger partial charge >= 0.3 is 0 Å². The second-order valence-electron chi connectivity index (χ2n) is 21.3. The molecule has 0 radical (unpaired) electrons. The van der Waals surface area contributed by atoms with E-state index in [1.165, 1.54) is 85.5 Å². The molecule has 60 heavy (non-hydrogen) atoms. The first-order chi connectivity index (χ1) is 28.7. The van der Waals surface area contributed by atoms with Gasteiger partial charge in [0.05, 0.1) is 28.5 Å². The maximum Gasteiger partial charge on any atom is 0.0665 e. The first-order valence-electron chi connectivity index (χ1n) is 24.1. The molecule has 330 valence electrons. The van der Waals surface area contributed by atoms with Crippen molar-refractivity contribution in [2.24, 2.45) is 13.0 Å². The Kier molecular flexibility index (Phi) is 11.6. The molecule has 13 atom stereocenters. The minimum atomic E-state index is 0.304. The summed E-state index contributed by atoms with van der Waals surface area (Å²) in [4.78, 5) is 21.5. The molecule has 1 aromatic heterocycles. The lowest BCUT2D eigenvalue weighted by Gasteiger charge is -2.42. The summed E-state index contributed by atoms with van der Waals surface area (Å²) in [6.45, 7) is 9.37. The summed E-state index contributed by atoms with van der Waals surface area (Å²) in [6.07, 6.45) is 27.9. The Hall–Kier alpha value is -2.82. The van der Waals surface area contributed by atoms with Gasteiger partial charge in [-0.25, -0.2) is 0 Å². The lowest BCUT2D eigenvalue weighted by atomic mass is 10.0. The number of nitrogens with zero attached hydrogens (tertiary/aromatic N) is 9. The van der Waals surface area contributed by atoms with Crippen LogP contribution in [0.2, 0.25) is 0 Å². The van der Waals surface area contributed by atoms with Gasteiger partial charge in [-0.15, -0.1) is 0 Å². The van der Waals surface area contributed by atoms with Crippen LogP contribution in [0.3, 0.4) is 0 Å². The topological polar surface area (TPSA) is 30.9 Å². The Morgan fingerprint density at radius 1 is 0.467 bits per heavy atom. The summed E-state index contributed by atoms with van der Waals surface area (Å²) in [5.41, 5.74) is 5.84. The number of hydrogen-bond donors (Lipinski definition) is 0. The Labute approximate surface area is 364 Å². The van der Waals surface area contributed by atoms with Gasteiger partial charge in [-0.1, -0.05) is 49.8 Å². The van der Waals surface area contributed by atoms with Crippen LogP contribution < -0.4 is 10.7 Å². The highest BCUT2D eigenvalue weighted by Crippen LogP contribution is 2.42. The third kappa shape index (κ3) is 6.81. The molecule has 9 heteroatoms. The first-order valence-corrected chi connectivity index (χ1v) is 24.1. The fourth-order valence-corrected chi connectivity index (χ4v) is 14.7. The third-order valence-electron chi connectivity index (χ3n) is 18.2. The average Bonchev–Trinajstić information content (AvgIpc) is 4.08. The zero-order valence-electron chi connectivity index (χ0n) is 39.8. The van der Waals surface area contributed by atoms with Crippen molar-refractivity contribution in [2.45, 2.75) is 170 Å². The molecule has 0 N–H and O–H groups in total. The van der Waals surface area contributed by atoms with Gasteiger partial charge in [0.2, 0.25) is 0 Å². The zero-order chi connectivity index (χ0) is 42.5. The number of likely N-dealkylation sites (N-methyl/N-ethyl adjacent to an activating group) is 8. The van der Waals surface area contributed by atoms with Crippen LogP contribution in [0.5, 0.6) is 0 Å². The maximum absolute atomic E-state index is 2.83. The van der Waals surface area contributed by atoms with Crippen molar-refractivity contribution in [1.82, 2.24) is 43.8 Å². The average molecular weight is 820 g/mol. The fraction of sp³-hybridized carbons (Fsp3) is 0.725. The molecule has 9 nitrogen and oxygen atoms in total. The molecule has 0 spiro atoms. The van der Waals surface area contributed by atoms with Crippen LogP contribution in [0.25, 0.3) is 11.4 Å². The zero-order valence-corrected chi connectivity index (χ0v) is 39.8. The Bertz CT molecular complexity index is 2000. The van der Waals surface area contributed by atoms with E-state index >= 15 is 0 Å². The first kappa shape index (κ1) is 42.5. The monoisotopic (exact) mass is 820 g/mol. The smallest absolute Gasteiger partial charge is 0.0665 e. The normalized spacial score (nSPS) is 41.5. The fourth-order valence-electron chi connectivity index (χ4n) is 14.7. The van der Waals surface area contributed by atoms with E-state index in [9.17, 15) is 0 Å². The van der Waals surface area contributed by atoms with Crippen molar-refractivity contribution in [3.05, 3.63) is 70.6 Å². The SMILES string of the molecule is CC(C)=C1CCC(C2CC/C(=c3/cc/c(=C4\C=CC(C5C=CC(C6C=CC(C7CCC(C8CCC(C9CCC(C(C)C)N9C)N8C)N7C)N6C)N5C)N4C)n3C)N2C)N1C. The number of likely N-dealkylation sites (tertiary alicyclic amines) is 5. The van der Waals surface area contributed by atoms with Gasteiger partial charge in [0.15, 0.2) is 0 Å². The summed E-state index contributed by atoms with van der Waals surface area (Å²) >= 11 is 0. The Morgan fingerprint density at radius 3 is 1.57 bits per heavy atom. The lowest BCUT2D eigenvalue weighted by Crippen LogP contribution is -2.56. The molecule has 0 bridgehead atoms. The van der Waals surface area contributed by atoms with Crippen molar-refractivity contribution in [1.29, 1.82) is 0 Å². The van der Waals surface area contributed by atoms with Crippen molar-refractivity contribution in [3.8, 4) is 0 Å². The van der Waals surface area contributed by atoms with Crippen molar-refractivity contribution in [3.63, 3.8) is 0 Å². The quantitative estimate of drug-likeness (QED) is 0.351. The van der Waals surface area contributed by atoms with Gasteiger partial charge in [-0.05, 0) is 137 Å². The largest absolute Gasteiger partial charge is 0.373 e. The minimum absolute atomic E-state index is 0.304. The third-order valence-corrected chi connectivity index (χ3v) is 18.2. The second-order valence-corrected chi connectivity index (χ2v) is 21.3. The van der Waals surface area contributed by atoms with Crippen LogP contribution in [0, 0.1) is 5.92 Å². The molecule has 0 saturated carbocycles. The van der Waals surface area contributed by atoms with E-state index in [1.807, 2.05) is 0 Å². The summed E-state index contributed by atoms with van der Waals surface area (Å²) in [5, 5.41) is 2.68. The molecular formula is C51H81N9. The molecule has 0 aromatic carbocycles. The highest BCUT2D eigenvalue weighted by atomic mass is 15.4. The van der Waals surface area contributed by atoms with E-state index < -0.39 is 0 Å². The molecular weight excluding hydrogens is 739 g/mol. The molecule has 5 fully saturated rings. The number of hydrogen-bond acceptors (Lipinski definition) is 8. The van der Waals surface area contributed by atoms with Gasteiger partial charge < -0.3 is 19.3 Å². The van der Waals surface area contributed by atoms with Crippen LogP contribution in [-0.2, 0) is 7.05 Å². The van der Waals surface area contributed by atoms with Crippen molar-refractivity contribution < 1.29 is 0 Å². The Morgan fingerprint density at radius 2 is 0.967 bits per heavy atom. The van der Waals surface area contributed by atoms with Crippen LogP contribution in [0.1, 0.15) is 91.9 Å². The molecule has 0 aliphatic carbocycles. The van der Waals surface area contributed by atoms with Gasteiger partial charge in [0, 0.05) is 106 Å². The van der Waals surface area contributed by atoms with Gasteiger partial charge in [0.1, 0.15) is 0 Å². The van der Waals surface area contributed by atoms with E-state index in [0.717, 1.165) is 18.4 Å². The van der Waals surface area contributed by atoms with Gasteiger partial charge in [-0.3, -0.25) is 24.5 Å². The summed E-state index contributed by atoms with van der Waals surface area (Å²) in [7, 11) is 21.4. The number of rotatable bonds is 7. The molecule has 9 heterocycles. The summed E-state index contributed by atoms with van der Waals surface area (Å²) in [6, 6.07) is 11.8. The molecule has 8 aliphatic rings. The maximum atomic E-state index is 2.83. The van der Waals surface area contributed by atoms with E-state index in [4.69, 9.17) is 0 Å². The molecule has 5 saturated heterocycles. The molecule has 1 aromatic rings. The second kappa shape index (κ2) is 16.4.